The zero-order valence-electron chi connectivity index (χ0n) is 15.9. The molecule has 0 bridgehead atoms. The molecule has 2 amide bonds. The lowest BCUT2D eigenvalue weighted by Gasteiger charge is -2.45. The van der Waals surface area contributed by atoms with E-state index in [1.807, 2.05) is 29.2 Å². The number of amides is 2. The van der Waals surface area contributed by atoms with Gasteiger partial charge in [-0.15, -0.1) is 11.3 Å². The number of thiophene rings is 1. The molecule has 3 heterocycles. The molecule has 2 fully saturated rings. The van der Waals surface area contributed by atoms with Crippen molar-refractivity contribution in [2.24, 2.45) is 0 Å². The highest BCUT2D eigenvalue weighted by atomic mass is 32.1. The van der Waals surface area contributed by atoms with Gasteiger partial charge in [0.1, 0.15) is 5.54 Å². The number of fused-ring (bicyclic) bond motifs is 1. The Morgan fingerprint density at radius 2 is 1.96 bits per heavy atom. The minimum atomic E-state index is -0.719. The predicted octanol–water partition coefficient (Wildman–Crippen LogP) is 4.18. The zero-order valence-corrected chi connectivity index (χ0v) is 16.7. The minimum Gasteiger partial charge on any atom is -0.322 e. The highest BCUT2D eigenvalue weighted by molar-refractivity contribution is 7.10. The summed E-state index contributed by atoms with van der Waals surface area (Å²) in [5.74, 6) is 0.0286. The van der Waals surface area contributed by atoms with Gasteiger partial charge in [-0.2, -0.15) is 0 Å². The predicted molar refractivity (Wildman–Crippen MR) is 112 cm³/mol. The fourth-order valence-corrected chi connectivity index (χ4v) is 6.09. The van der Waals surface area contributed by atoms with E-state index in [1.165, 1.54) is 4.88 Å². The molecule has 1 aromatic heterocycles. The summed E-state index contributed by atoms with van der Waals surface area (Å²) in [7, 11) is 0. The summed E-state index contributed by atoms with van der Waals surface area (Å²) < 4.78 is 0. The molecule has 5 rings (SSSR count). The summed E-state index contributed by atoms with van der Waals surface area (Å²) in [5.41, 5.74) is 0.874. The van der Waals surface area contributed by atoms with Crippen LogP contribution >= 0.6 is 11.3 Å². The number of hydrogen-bond donors (Lipinski definition) is 1. The van der Waals surface area contributed by atoms with Gasteiger partial charge in [-0.3, -0.25) is 19.4 Å². The lowest BCUT2D eigenvalue weighted by molar-refractivity contribution is -0.128. The number of carbonyl (C=O) groups is 2. The van der Waals surface area contributed by atoms with Gasteiger partial charge in [0, 0.05) is 10.9 Å². The Morgan fingerprint density at radius 3 is 2.75 bits per heavy atom. The number of benzene rings is 1. The van der Waals surface area contributed by atoms with Crippen LogP contribution < -0.4 is 10.2 Å². The topological polar surface area (TPSA) is 52.7 Å². The molecular weight excluding hydrogens is 370 g/mol. The first-order valence-electron chi connectivity index (χ1n) is 10.2. The first-order chi connectivity index (χ1) is 13.7. The van der Waals surface area contributed by atoms with E-state index in [4.69, 9.17) is 0 Å². The first-order valence-corrected chi connectivity index (χ1v) is 11.1. The van der Waals surface area contributed by atoms with Crippen LogP contribution in [0.15, 0.2) is 41.8 Å². The van der Waals surface area contributed by atoms with E-state index in [-0.39, 0.29) is 11.8 Å². The third-order valence-electron chi connectivity index (χ3n) is 6.50. The molecule has 1 spiro atoms. The summed E-state index contributed by atoms with van der Waals surface area (Å²) in [4.78, 5) is 32.2. The molecule has 1 N–H and O–H groups in total. The van der Waals surface area contributed by atoms with Gasteiger partial charge in [0.2, 0.25) is 5.91 Å². The van der Waals surface area contributed by atoms with Crippen LogP contribution in [0.3, 0.4) is 0 Å². The van der Waals surface area contributed by atoms with Crippen molar-refractivity contribution < 1.29 is 9.59 Å². The van der Waals surface area contributed by atoms with E-state index in [0.717, 1.165) is 56.4 Å². The van der Waals surface area contributed by atoms with Gasteiger partial charge in [0.25, 0.3) is 5.91 Å². The van der Waals surface area contributed by atoms with Crippen LogP contribution in [-0.2, 0) is 9.59 Å². The maximum atomic E-state index is 13.6. The van der Waals surface area contributed by atoms with Crippen molar-refractivity contribution in [3.63, 3.8) is 0 Å². The average molecular weight is 396 g/mol. The van der Waals surface area contributed by atoms with Gasteiger partial charge in [-0.05, 0) is 55.8 Å². The fraction of sp³-hybridized carbons (Fsp3) is 0.455. The normalized spacial score (nSPS) is 23.8. The number of nitrogens with zero attached hydrogens (tertiary/aromatic N) is 2. The molecule has 1 aromatic carbocycles. The van der Waals surface area contributed by atoms with E-state index in [1.54, 1.807) is 11.3 Å². The molecule has 3 aliphatic rings. The van der Waals surface area contributed by atoms with Crippen LogP contribution in [0.5, 0.6) is 0 Å². The molecule has 0 radical (unpaired) electrons. The number of rotatable bonds is 3. The van der Waals surface area contributed by atoms with Crippen molar-refractivity contribution in [2.45, 2.75) is 50.1 Å². The van der Waals surface area contributed by atoms with Gasteiger partial charge in [-0.1, -0.05) is 31.0 Å². The Balaban J connectivity index is 1.47. The second-order valence-corrected chi connectivity index (χ2v) is 9.06. The summed E-state index contributed by atoms with van der Waals surface area (Å²) in [6.45, 7) is 1.30. The Hall–Kier alpha value is -2.18. The number of para-hydroxylation sites is 2. The number of nitrogens with one attached hydrogen (secondary N) is 1. The molecule has 28 heavy (non-hydrogen) atoms. The van der Waals surface area contributed by atoms with E-state index in [2.05, 4.69) is 27.7 Å². The summed E-state index contributed by atoms with van der Waals surface area (Å²) in [6, 6.07) is 12.3. The van der Waals surface area contributed by atoms with E-state index >= 15 is 0 Å². The van der Waals surface area contributed by atoms with E-state index < -0.39 is 5.54 Å². The molecule has 1 atom stereocenters. The Morgan fingerprint density at radius 1 is 1.14 bits per heavy atom. The number of anilines is 2. The Kier molecular flexibility index (Phi) is 4.48. The Bertz CT molecular complexity index is 889. The SMILES string of the molecule is O=C(CN1CCC[C@H]1c1cccs1)N1c2ccccc2NC(=O)C12CCCC2. The minimum absolute atomic E-state index is 0.0201. The van der Waals surface area contributed by atoms with Gasteiger partial charge >= 0.3 is 0 Å². The molecule has 1 aliphatic carbocycles. The van der Waals surface area contributed by atoms with Gasteiger partial charge in [-0.25, -0.2) is 0 Å². The zero-order chi connectivity index (χ0) is 19.1. The van der Waals surface area contributed by atoms with Crippen LogP contribution in [0.2, 0.25) is 0 Å². The molecule has 1 saturated carbocycles. The fourth-order valence-electron chi connectivity index (χ4n) is 5.19. The highest BCUT2D eigenvalue weighted by Gasteiger charge is 2.52. The van der Waals surface area contributed by atoms with Crippen molar-refractivity contribution in [3.05, 3.63) is 46.7 Å². The van der Waals surface area contributed by atoms with Crippen molar-refractivity contribution in [2.75, 3.05) is 23.3 Å². The van der Waals surface area contributed by atoms with Gasteiger partial charge in [0.05, 0.1) is 17.9 Å². The highest BCUT2D eigenvalue weighted by Crippen LogP contribution is 2.45. The smallest absolute Gasteiger partial charge is 0.250 e. The van der Waals surface area contributed by atoms with Crippen LogP contribution in [0.4, 0.5) is 11.4 Å². The molecule has 5 nitrogen and oxygen atoms in total. The van der Waals surface area contributed by atoms with Crippen molar-refractivity contribution in [3.8, 4) is 0 Å². The molecular formula is C22H25N3O2S. The summed E-state index contributed by atoms with van der Waals surface area (Å²) in [5, 5.41) is 5.16. The van der Waals surface area contributed by atoms with Crippen molar-refractivity contribution in [1.82, 2.24) is 4.90 Å². The summed E-state index contributed by atoms with van der Waals surface area (Å²) >= 11 is 1.76. The number of likely N-dealkylation sites (tertiary alicyclic amines) is 1. The van der Waals surface area contributed by atoms with E-state index in [0.29, 0.717) is 12.6 Å². The van der Waals surface area contributed by atoms with Gasteiger partial charge < -0.3 is 5.32 Å². The first kappa shape index (κ1) is 17.9. The molecule has 2 aliphatic heterocycles. The third-order valence-corrected chi connectivity index (χ3v) is 7.47. The van der Waals surface area contributed by atoms with Crippen LogP contribution in [0.1, 0.15) is 49.4 Å². The van der Waals surface area contributed by atoms with E-state index in [9.17, 15) is 9.59 Å². The third kappa shape index (κ3) is 2.78. The van der Waals surface area contributed by atoms with Crippen molar-refractivity contribution >= 4 is 34.5 Å². The lowest BCUT2D eigenvalue weighted by Crippen LogP contribution is -2.62. The van der Waals surface area contributed by atoms with Gasteiger partial charge in [0.15, 0.2) is 0 Å². The Labute approximate surface area is 169 Å². The monoisotopic (exact) mass is 395 g/mol. The number of carbonyl (C=O) groups excluding carboxylic acids is 2. The van der Waals surface area contributed by atoms with Crippen LogP contribution in [0, 0.1) is 0 Å². The molecule has 0 unspecified atom stereocenters. The van der Waals surface area contributed by atoms with Crippen molar-refractivity contribution in [1.29, 1.82) is 0 Å². The largest absolute Gasteiger partial charge is 0.322 e. The lowest BCUT2D eigenvalue weighted by atomic mass is 9.89. The second-order valence-electron chi connectivity index (χ2n) is 8.08. The maximum Gasteiger partial charge on any atom is 0.250 e. The average Bonchev–Trinajstić information content (AvgIpc) is 3.44. The second kappa shape index (κ2) is 7.01. The number of hydrogen-bond acceptors (Lipinski definition) is 4. The van der Waals surface area contributed by atoms with Crippen LogP contribution in [0.25, 0.3) is 0 Å². The summed E-state index contributed by atoms with van der Waals surface area (Å²) in [6.07, 6.45) is 5.66. The maximum absolute atomic E-state index is 13.6. The molecule has 146 valence electrons. The molecule has 6 heteroatoms. The standard InChI is InChI=1S/C22H25N3O2S/c26-20(15-24-13-5-9-18(24)19-10-6-14-28-19)25-17-8-2-1-7-16(17)23-21(27)22(25)11-3-4-12-22/h1-2,6-8,10,14,18H,3-5,9,11-13,15H2,(H,23,27)/t18-/m0/s1. The quantitative estimate of drug-likeness (QED) is 0.848. The molecule has 1 saturated heterocycles. The van der Waals surface area contributed by atoms with Crippen LogP contribution in [-0.4, -0.2) is 35.3 Å². The molecule has 2 aromatic rings.